The molecule has 0 aliphatic rings. The maximum atomic E-state index is 12.5. The Labute approximate surface area is 221 Å². The third-order valence-corrected chi connectivity index (χ3v) is 7.84. The minimum Gasteiger partial charge on any atom is -0.325 e. The Kier molecular flexibility index (Phi) is 7.32. The van der Waals surface area contributed by atoms with Gasteiger partial charge in [-0.25, -0.2) is 4.98 Å². The van der Waals surface area contributed by atoms with E-state index in [4.69, 9.17) is 11.6 Å². The highest BCUT2D eigenvalue weighted by molar-refractivity contribution is 8.01. The first kappa shape index (κ1) is 24.1. The van der Waals surface area contributed by atoms with Crippen LogP contribution in [0.4, 0.5) is 11.4 Å². The van der Waals surface area contributed by atoms with E-state index in [1.165, 1.54) is 23.1 Å². The topological polar surface area (TPSA) is 71.1 Å². The van der Waals surface area contributed by atoms with Crippen molar-refractivity contribution in [1.29, 1.82) is 0 Å². The number of thiazole rings is 1. The zero-order valence-corrected chi connectivity index (χ0v) is 21.3. The van der Waals surface area contributed by atoms with Crippen molar-refractivity contribution in [3.05, 3.63) is 108 Å². The second kappa shape index (κ2) is 11.0. The molecule has 0 fully saturated rings. The molecule has 0 saturated carbocycles. The van der Waals surface area contributed by atoms with E-state index in [1.54, 1.807) is 30.3 Å². The number of thioether (sulfide) groups is 1. The summed E-state index contributed by atoms with van der Waals surface area (Å²) in [4.78, 5) is 29.6. The molecule has 36 heavy (non-hydrogen) atoms. The van der Waals surface area contributed by atoms with Crippen molar-refractivity contribution >= 4 is 68.1 Å². The molecule has 2 amide bonds. The number of hydrogen-bond acceptors (Lipinski definition) is 5. The molecular weight excluding hydrogens is 510 g/mol. The maximum Gasteiger partial charge on any atom is 0.257 e. The third kappa shape index (κ3) is 5.76. The fourth-order valence-electron chi connectivity index (χ4n) is 3.59. The minimum atomic E-state index is -0.271. The predicted octanol–water partition coefficient (Wildman–Crippen LogP) is 7.60. The van der Waals surface area contributed by atoms with Crippen LogP contribution < -0.4 is 10.6 Å². The average molecular weight is 530 g/mol. The lowest BCUT2D eigenvalue weighted by atomic mass is 10.1. The molecule has 178 valence electrons. The summed E-state index contributed by atoms with van der Waals surface area (Å²) in [6.07, 6.45) is 0. The van der Waals surface area contributed by atoms with E-state index in [0.29, 0.717) is 16.3 Å². The second-order valence-corrected chi connectivity index (χ2v) is 10.5. The molecule has 0 spiro atoms. The lowest BCUT2D eigenvalue weighted by molar-refractivity contribution is -0.113. The van der Waals surface area contributed by atoms with Crippen molar-refractivity contribution in [2.24, 2.45) is 0 Å². The van der Waals surface area contributed by atoms with Gasteiger partial charge in [0.2, 0.25) is 5.91 Å². The van der Waals surface area contributed by atoms with Crippen LogP contribution in [0.25, 0.3) is 21.3 Å². The van der Waals surface area contributed by atoms with Crippen molar-refractivity contribution in [2.45, 2.75) is 4.34 Å². The predicted molar refractivity (Wildman–Crippen MR) is 150 cm³/mol. The highest BCUT2D eigenvalue weighted by Crippen LogP contribution is 2.32. The minimum absolute atomic E-state index is 0.0978. The first-order valence-electron chi connectivity index (χ1n) is 11.1. The Morgan fingerprint density at radius 3 is 2.28 bits per heavy atom. The largest absolute Gasteiger partial charge is 0.325 e. The first-order chi connectivity index (χ1) is 17.5. The van der Waals surface area contributed by atoms with Crippen LogP contribution in [0.3, 0.4) is 0 Å². The number of rotatable bonds is 7. The van der Waals surface area contributed by atoms with Gasteiger partial charge in [0.1, 0.15) is 0 Å². The number of carbonyl (C=O) groups is 2. The summed E-state index contributed by atoms with van der Waals surface area (Å²) in [5.41, 5.74) is 4.87. The molecule has 8 heteroatoms. The summed E-state index contributed by atoms with van der Waals surface area (Å²) in [6, 6.07) is 30.3. The zero-order chi connectivity index (χ0) is 24.9. The molecule has 0 bridgehead atoms. The Balaban J connectivity index is 1.18. The van der Waals surface area contributed by atoms with Gasteiger partial charge in [-0.05, 0) is 53.6 Å². The van der Waals surface area contributed by atoms with Gasteiger partial charge >= 0.3 is 0 Å². The Morgan fingerprint density at radius 2 is 1.50 bits per heavy atom. The summed E-state index contributed by atoms with van der Waals surface area (Å²) < 4.78 is 1.71. The van der Waals surface area contributed by atoms with Gasteiger partial charge in [0.15, 0.2) is 4.34 Å². The number of carbonyl (C=O) groups excluding carboxylic acids is 2. The number of nitrogens with one attached hydrogen (secondary N) is 2. The lowest BCUT2D eigenvalue weighted by Crippen LogP contribution is -2.13. The zero-order valence-electron chi connectivity index (χ0n) is 18.9. The lowest BCUT2D eigenvalue weighted by Gasteiger charge is -2.06. The van der Waals surface area contributed by atoms with Crippen molar-refractivity contribution < 1.29 is 9.59 Å². The molecule has 1 aromatic heterocycles. The highest BCUT2D eigenvalue weighted by atomic mass is 35.5. The quantitative estimate of drug-likeness (QED) is 0.213. The number of fused-ring (bicyclic) bond motifs is 1. The van der Waals surface area contributed by atoms with Crippen LogP contribution in [0, 0.1) is 0 Å². The Bertz CT molecular complexity index is 1540. The van der Waals surface area contributed by atoms with Crippen molar-refractivity contribution in [3.63, 3.8) is 0 Å². The maximum absolute atomic E-state index is 12.5. The fourth-order valence-corrected chi connectivity index (χ4v) is 5.72. The van der Waals surface area contributed by atoms with E-state index in [9.17, 15) is 9.59 Å². The molecule has 2 N–H and O–H groups in total. The van der Waals surface area contributed by atoms with Crippen LogP contribution >= 0.6 is 34.7 Å². The van der Waals surface area contributed by atoms with E-state index in [1.807, 2.05) is 54.6 Å². The molecule has 5 rings (SSSR count). The highest BCUT2D eigenvalue weighted by Gasteiger charge is 2.12. The van der Waals surface area contributed by atoms with Gasteiger partial charge in [-0.2, -0.15) is 0 Å². The fraction of sp³-hybridized carbons (Fsp3) is 0.0357. The molecule has 4 aromatic carbocycles. The van der Waals surface area contributed by atoms with Crippen molar-refractivity contribution in [2.75, 3.05) is 16.4 Å². The third-order valence-electron chi connectivity index (χ3n) is 5.35. The molecule has 0 radical (unpaired) electrons. The molecule has 0 saturated heterocycles. The molecule has 1 heterocycles. The first-order valence-corrected chi connectivity index (χ1v) is 13.3. The molecule has 0 aliphatic heterocycles. The van der Waals surface area contributed by atoms with Crippen LogP contribution in [0.2, 0.25) is 5.02 Å². The number of amides is 2. The summed E-state index contributed by atoms with van der Waals surface area (Å²) in [5.74, 6) is -0.122. The number of benzene rings is 4. The molecule has 0 unspecified atom stereocenters. The summed E-state index contributed by atoms with van der Waals surface area (Å²) >= 11 is 8.99. The van der Waals surface area contributed by atoms with E-state index < -0.39 is 0 Å². The van der Waals surface area contributed by atoms with Gasteiger partial charge in [0, 0.05) is 11.4 Å². The van der Waals surface area contributed by atoms with Gasteiger partial charge < -0.3 is 10.6 Å². The van der Waals surface area contributed by atoms with E-state index >= 15 is 0 Å². The molecule has 5 aromatic rings. The number of halogens is 1. The smallest absolute Gasteiger partial charge is 0.257 e. The van der Waals surface area contributed by atoms with Gasteiger partial charge in [-0.3, -0.25) is 9.59 Å². The molecular formula is C28H20ClN3O2S2. The van der Waals surface area contributed by atoms with Crippen LogP contribution in [0.1, 0.15) is 10.4 Å². The summed E-state index contributed by atoms with van der Waals surface area (Å²) in [5, 5.41) is 6.21. The number of nitrogens with zero attached hydrogens (tertiary/aromatic N) is 1. The Morgan fingerprint density at radius 1 is 0.806 bits per heavy atom. The SMILES string of the molecule is O=C(CSc1nc2ccc(NC(=O)c3ccccc3Cl)cc2s1)Nc1ccc(-c2ccccc2)cc1. The summed E-state index contributed by atoms with van der Waals surface area (Å²) in [7, 11) is 0. The molecule has 0 aliphatic carbocycles. The van der Waals surface area contributed by atoms with E-state index in [0.717, 1.165) is 31.4 Å². The van der Waals surface area contributed by atoms with Crippen molar-refractivity contribution in [1.82, 2.24) is 4.98 Å². The van der Waals surface area contributed by atoms with Crippen LogP contribution in [-0.4, -0.2) is 22.6 Å². The van der Waals surface area contributed by atoms with Gasteiger partial charge in [0.05, 0.1) is 26.6 Å². The number of hydrogen-bond donors (Lipinski definition) is 2. The van der Waals surface area contributed by atoms with Gasteiger partial charge in [-0.1, -0.05) is 78.0 Å². The number of anilines is 2. The second-order valence-electron chi connectivity index (χ2n) is 7.88. The van der Waals surface area contributed by atoms with Crippen LogP contribution in [-0.2, 0) is 4.79 Å². The molecule has 5 nitrogen and oxygen atoms in total. The van der Waals surface area contributed by atoms with Crippen LogP contribution in [0.15, 0.2) is 101 Å². The Hall–Kier alpha value is -3.65. The normalized spacial score (nSPS) is 10.8. The monoisotopic (exact) mass is 529 g/mol. The average Bonchev–Trinajstić information content (AvgIpc) is 3.31. The number of aromatic nitrogens is 1. The van der Waals surface area contributed by atoms with Crippen molar-refractivity contribution in [3.8, 4) is 11.1 Å². The standard InChI is InChI=1S/C28H20ClN3O2S2/c29-23-9-5-4-8-22(23)27(34)31-21-14-15-24-25(16-21)36-28(32-24)35-17-26(33)30-20-12-10-19(11-13-20)18-6-2-1-3-7-18/h1-16H,17H2,(H,30,33)(H,31,34). The van der Waals surface area contributed by atoms with E-state index in [-0.39, 0.29) is 17.6 Å². The van der Waals surface area contributed by atoms with E-state index in [2.05, 4.69) is 27.8 Å². The van der Waals surface area contributed by atoms with Crippen LogP contribution in [0.5, 0.6) is 0 Å². The van der Waals surface area contributed by atoms with Gasteiger partial charge in [0.25, 0.3) is 5.91 Å². The van der Waals surface area contributed by atoms with Gasteiger partial charge in [-0.15, -0.1) is 11.3 Å². The molecule has 0 atom stereocenters. The summed E-state index contributed by atoms with van der Waals surface area (Å²) in [6.45, 7) is 0.